The van der Waals surface area contributed by atoms with E-state index < -0.39 is 31.0 Å². The zero-order valence-corrected chi connectivity index (χ0v) is 31.7. The van der Waals surface area contributed by atoms with E-state index in [1.54, 1.807) is 114 Å². The van der Waals surface area contributed by atoms with Crippen molar-refractivity contribution in [2.45, 2.75) is 24.6 Å². The van der Waals surface area contributed by atoms with E-state index in [9.17, 15) is 25.9 Å². The molecule has 0 amide bonds. The van der Waals surface area contributed by atoms with Crippen molar-refractivity contribution in [2.24, 2.45) is 0 Å². The molecule has 4 aromatic carbocycles. The Morgan fingerprint density at radius 3 is 1.73 bits per heavy atom. The van der Waals surface area contributed by atoms with Crippen LogP contribution in [-0.4, -0.2) is 49.3 Å². The van der Waals surface area contributed by atoms with Crippen molar-refractivity contribution in [3.63, 3.8) is 0 Å². The summed E-state index contributed by atoms with van der Waals surface area (Å²) in [6, 6.07) is 31.4. The number of halogens is 1. The van der Waals surface area contributed by atoms with Gasteiger partial charge < -0.3 is 14.0 Å². The molecule has 0 saturated heterocycles. The first-order valence-electron chi connectivity index (χ1n) is 15.3. The molecule has 4 aromatic rings. The van der Waals surface area contributed by atoms with Crippen LogP contribution in [0.2, 0.25) is 5.02 Å². The van der Waals surface area contributed by atoms with Crippen LogP contribution in [0.4, 0.5) is 5.69 Å². The SMILES string of the molecule is CCN(c1ccc(C(=C2C=CC(=[N+](CC)C(c3ccccc3)S(=O)(=O)[O-])C=C2)c2ccccc2Cl)cc1)C(c1ccccc1)S(=O)(=O)[O-].[Na+]. The van der Waals surface area contributed by atoms with E-state index in [2.05, 4.69) is 0 Å². The van der Waals surface area contributed by atoms with E-state index in [0.717, 1.165) is 22.3 Å². The van der Waals surface area contributed by atoms with Gasteiger partial charge in [-0.15, -0.1) is 0 Å². The Morgan fingerprint density at radius 2 is 1.24 bits per heavy atom. The maximum atomic E-state index is 12.5. The number of anilines is 1. The van der Waals surface area contributed by atoms with Crippen LogP contribution >= 0.6 is 11.6 Å². The van der Waals surface area contributed by atoms with Crippen LogP contribution in [0.1, 0.15) is 46.8 Å². The standard InChI is InChI=1S/C37H35ClN2O6S2.Na/c1-3-39(36(47(41,42)43)29-13-7-5-8-14-29)31-23-19-27(20-24-31)35(33-17-11-12-18-34(33)38)28-21-25-32(26-22-28)40(4-2)37(48(44,45)46)30-15-9-6-10-16-30;/h5-26,36-37H,3-4H2,1-2H3,(H-,41,42,43,44,45,46);/q;+1/p-1. The molecule has 0 saturated carbocycles. The summed E-state index contributed by atoms with van der Waals surface area (Å²) in [4.78, 5) is 1.55. The second-order valence-corrected chi connectivity index (χ2v) is 14.3. The van der Waals surface area contributed by atoms with Gasteiger partial charge in [0.2, 0.25) is 5.71 Å². The number of rotatable bonds is 11. The maximum absolute atomic E-state index is 12.5. The van der Waals surface area contributed by atoms with E-state index in [4.69, 9.17) is 11.6 Å². The zero-order chi connectivity index (χ0) is 34.5. The van der Waals surface area contributed by atoms with Gasteiger partial charge in [0.1, 0.15) is 22.0 Å². The predicted molar refractivity (Wildman–Crippen MR) is 189 cm³/mol. The van der Waals surface area contributed by atoms with Gasteiger partial charge in [-0.2, -0.15) is 0 Å². The van der Waals surface area contributed by atoms with Crippen molar-refractivity contribution in [1.29, 1.82) is 0 Å². The van der Waals surface area contributed by atoms with Crippen LogP contribution < -0.4 is 34.5 Å². The summed E-state index contributed by atoms with van der Waals surface area (Å²) in [5, 5.41) is -2.31. The van der Waals surface area contributed by atoms with Crippen molar-refractivity contribution in [2.75, 3.05) is 18.0 Å². The Kier molecular flexibility index (Phi) is 13.0. The van der Waals surface area contributed by atoms with Gasteiger partial charge in [0, 0.05) is 40.5 Å². The molecule has 1 aliphatic rings. The molecule has 49 heavy (non-hydrogen) atoms. The Morgan fingerprint density at radius 1 is 0.714 bits per heavy atom. The van der Waals surface area contributed by atoms with Gasteiger partial charge in [-0.1, -0.05) is 103 Å². The third kappa shape index (κ3) is 8.89. The minimum absolute atomic E-state index is 0. The molecule has 0 radical (unpaired) electrons. The summed E-state index contributed by atoms with van der Waals surface area (Å²) in [7, 11) is -9.50. The molecule has 12 heteroatoms. The Bertz CT molecular complexity index is 2100. The molecule has 248 valence electrons. The Labute approximate surface area is 315 Å². The van der Waals surface area contributed by atoms with E-state index >= 15 is 0 Å². The largest absolute Gasteiger partial charge is 1.00 e. The van der Waals surface area contributed by atoms with Gasteiger partial charge in [0.25, 0.3) is 5.37 Å². The first-order chi connectivity index (χ1) is 22.9. The third-order valence-corrected chi connectivity index (χ3v) is 10.6. The van der Waals surface area contributed by atoms with E-state index in [1.165, 1.54) is 0 Å². The summed E-state index contributed by atoms with van der Waals surface area (Å²) in [5.41, 5.74) is 4.91. The monoisotopic (exact) mass is 724 g/mol. The minimum atomic E-state index is -4.75. The Hall–Kier alpha value is -3.32. The molecule has 0 bridgehead atoms. The van der Waals surface area contributed by atoms with Crippen LogP contribution in [0.5, 0.6) is 0 Å². The third-order valence-electron chi connectivity index (χ3n) is 8.08. The fraction of sp³-hybridized carbons (Fsp3) is 0.162. The van der Waals surface area contributed by atoms with Gasteiger partial charge in [0.15, 0.2) is 10.1 Å². The quantitative estimate of drug-likeness (QED) is 0.130. The summed E-state index contributed by atoms with van der Waals surface area (Å²) in [6.45, 7) is 4.11. The number of allylic oxidation sites excluding steroid dienone is 5. The predicted octanol–water partition coefficient (Wildman–Crippen LogP) is 4.06. The topological polar surface area (TPSA) is 121 Å². The van der Waals surface area contributed by atoms with E-state index in [-0.39, 0.29) is 42.6 Å². The Balaban J connectivity index is 0.00000541. The molecule has 0 N–H and O–H groups in total. The van der Waals surface area contributed by atoms with Crippen molar-refractivity contribution >= 4 is 48.8 Å². The number of nitrogens with zero attached hydrogens (tertiary/aromatic N) is 2. The van der Waals surface area contributed by atoms with E-state index in [1.807, 2.05) is 42.5 Å². The number of hydrogen-bond acceptors (Lipinski definition) is 7. The molecule has 0 spiro atoms. The van der Waals surface area contributed by atoms with Crippen LogP contribution in [0.3, 0.4) is 0 Å². The smallest absolute Gasteiger partial charge is 0.746 e. The maximum Gasteiger partial charge on any atom is 1.00 e. The van der Waals surface area contributed by atoms with Crippen molar-refractivity contribution in [1.82, 2.24) is 0 Å². The first kappa shape index (κ1) is 38.5. The molecule has 0 heterocycles. The van der Waals surface area contributed by atoms with Crippen LogP contribution in [-0.2, 0) is 20.2 Å². The van der Waals surface area contributed by atoms with Crippen molar-refractivity contribution in [3.8, 4) is 0 Å². The molecule has 0 aromatic heterocycles. The second-order valence-electron chi connectivity index (χ2n) is 11.0. The molecule has 2 atom stereocenters. The molecule has 1 aliphatic carbocycles. The molecular weight excluding hydrogens is 691 g/mol. The molecular formula is C37H34ClN2NaO6S2. The van der Waals surface area contributed by atoms with E-state index in [0.29, 0.717) is 27.5 Å². The molecule has 5 rings (SSSR count). The fourth-order valence-electron chi connectivity index (χ4n) is 5.99. The minimum Gasteiger partial charge on any atom is -0.746 e. The summed E-state index contributed by atoms with van der Waals surface area (Å²) in [5.74, 6) is 0. The molecule has 0 fully saturated rings. The average Bonchev–Trinajstić information content (AvgIpc) is 3.07. The van der Waals surface area contributed by atoms with Gasteiger partial charge in [-0.3, -0.25) is 0 Å². The molecule has 8 nitrogen and oxygen atoms in total. The summed E-state index contributed by atoms with van der Waals surface area (Å²) < 4.78 is 76.5. The molecule has 2 unspecified atom stereocenters. The number of hydrogen-bond donors (Lipinski definition) is 0. The summed E-state index contributed by atoms with van der Waals surface area (Å²) in [6.07, 6.45) is 7.23. The second kappa shape index (κ2) is 16.6. The van der Waals surface area contributed by atoms with Gasteiger partial charge >= 0.3 is 29.6 Å². The van der Waals surface area contributed by atoms with Gasteiger partial charge in [-0.25, -0.2) is 21.4 Å². The molecule has 0 aliphatic heterocycles. The fourth-order valence-corrected chi connectivity index (χ4v) is 8.36. The van der Waals surface area contributed by atoms with Crippen molar-refractivity contribution < 1.29 is 60.1 Å². The van der Waals surface area contributed by atoms with Crippen LogP contribution in [0.25, 0.3) is 5.57 Å². The number of benzene rings is 4. The van der Waals surface area contributed by atoms with Gasteiger partial charge in [-0.05, 0) is 66.5 Å². The normalized spacial score (nSPS) is 14.1. The summed E-state index contributed by atoms with van der Waals surface area (Å²) >= 11 is 6.71. The van der Waals surface area contributed by atoms with Crippen LogP contribution in [0, 0.1) is 0 Å². The van der Waals surface area contributed by atoms with Crippen LogP contribution in [0.15, 0.2) is 139 Å². The van der Waals surface area contributed by atoms with Crippen molar-refractivity contribution in [3.05, 3.63) is 166 Å². The average molecular weight is 725 g/mol. The first-order valence-corrected chi connectivity index (χ1v) is 18.6. The van der Waals surface area contributed by atoms with Gasteiger partial charge in [0.05, 0.1) is 0 Å². The zero-order valence-electron chi connectivity index (χ0n) is 27.3.